The highest BCUT2D eigenvalue weighted by atomic mass is 35.5. The molecule has 3 heteroatoms. The summed E-state index contributed by atoms with van der Waals surface area (Å²) in [5.41, 5.74) is 6.28. The second kappa shape index (κ2) is 12.3. The van der Waals surface area contributed by atoms with Gasteiger partial charge in [-0.15, -0.1) is 11.6 Å². The lowest BCUT2D eigenvalue weighted by Gasteiger charge is -2.22. The molecule has 0 saturated carbocycles. The number of nitrogens with zero attached hydrogens (tertiary/aromatic N) is 2. The van der Waals surface area contributed by atoms with Gasteiger partial charge < -0.3 is 0 Å². The molecule has 0 spiro atoms. The first-order valence-electron chi connectivity index (χ1n) is 11.5. The second-order valence-corrected chi connectivity index (χ2v) is 9.43. The zero-order chi connectivity index (χ0) is 21.2. The number of alkyl halides is 1. The number of aromatic nitrogens is 2. The van der Waals surface area contributed by atoms with E-state index in [0.29, 0.717) is 17.2 Å². The van der Waals surface area contributed by atoms with Crippen molar-refractivity contribution in [1.29, 1.82) is 0 Å². The lowest BCUT2D eigenvalue weighted by molar-refractivity contribution is 0.580. The Morgan fingerprint density at radius 3 is 2.21 bits per heavy atom. The van der Waals surface area contributed by atoms with E-state index in [9.17, 15) is 0 Å². The first-order chi connectivity index (χ1) is 14.0. The van der Waals surface area contributed by atoms with E-state index < -0.39 is 0 Å². The van der Waals surface area contributed by atoms with Crippen molar-refractivity contribution in [2.45, 2.75) is 103 Å². The van der Waals surface area contributed by atoms with Crippen LogP contribution in [-0.2, 0) is 6.42 Å². The maximum Gasteiger partial charge on any atom is 0.0921 e. The van der Waals surface area contributed by atoms with Gasteiger partial charge in [-0.05, 0) is 66.3 Å². The van der Waals surface area contributed by atoms with Gasteiger partial charge in [0.15, 0.2) is 0 Å². The van der Waals surface area contributed by atoms with E-state index in [4.69, 9.17) is 16.6 Å². The highest BCUT2D eigenvalue weighted by Crippen LogP contribution is 2.35. The third-order valence-electron chi connectivity index (χ3n) is 5.68. The van der Waals surface area contributed by atoms with Crippen molar-refractivity contribution in [2.24, 2.45) is 0 Å². The SMILES string of the molecule is CCCCCC(Cl)CCCCc1c(-c2ccccn2)ncc(C(C)C)c1C(C)C. The van der Waals surface area contributed by atoms with Gasteiger partial charge in [0.25, 0.3) is 0 Å². The number of hydrogen-bond donors (Lipinski definition) is 0. The van der Waals surface area contributed by atoms with Crippen LogP contribution in [0, 0.1) is 0 Å². The first-order valence-corrected chi connectivity index (χ1v) is 12.0. The predicted molar refractivity (Wildman–Crippen MR) is 127 cm³/mol. The molecule has 2 aromatic rings. The number of hydrogen-bond acceptors (Lipinski definition) is 2. The van der Waals surface area contributed by atoms with Crippen LogP contribution in [0.15, 0.2) is 30.6 Å². The Bertz CT molecular complexity index is 725. The van der Waals surface area contributed by atoms with E-state index in [0.717, 1.165) is 37.1 Å². The molecular weight excluding hydrogens is 376 g/mol. The van der Waals surface area contributed by atoms with E-state index in [1.165, 1.54) is 42.4 Å². The van der Waals surface area contributed by atoms with Crippen LogP contribution in [0.5, 0.6) is 0 Å². The molecule has 1 unspecified atom stereocenters. The molecule has 2 rings (SSSR count). The number of unbranched alkanes of at least 4 members (excludes halogenated alkanes) is 3. The third kappa shape index (κ3) is 7.10. The summed E-state index contributed by atoms with van der Waals surface area (Å²) in [6.45, 7) is 11.4. The Morgan fingerprint density at radius 2 is 1.62 bits per heavy atom. The van der Waals surface area contributed by atoms with Crippen LogP contribution in [0.2, 0.25) is 0 Å². The quantitative estimate of drug-likeness (QED) is 0.258. The minimum atomic E-state index is 0.321. The molecule has 2 aromatic heterocycles. The zero-order valence-electron chi connectivity index (χ0n) is 19.0. The van der Waals surface area contributed by atoms with Gasteiger partial charge >= 0.3 is 0 Å². The fourth-order valence-corrected chi connectivity index (χ4v) is 4.44. The highest BCUT2D eigenvalue weighted by molar-refractivity contribution is 6.20. The lowest BCUT2D eigenvalue weighted by Crippen LogP contribution is -2.09. The summed E-state index contributed by atoms with van der Waals surface area (Å²) in [5, 5.41) is 0.321. The van der Waals surface area contributed by atoms with Crippen LogP contribution >= 0.6 is 11.6 Å². The van der Waals surface area contributed by atoms with Gasteiger partial charge in [0, 0.05) is 17.8 Å². The van der Waals surface area contributed by atoms with Crippen molar-refractivity contribution >= 4 is 11.6 Å². The van der Waals surface area contributed by atoms with Crippen LogP contribution in [0.3, 0.4) is 0 Å². The summed E-state index contributed by atoms with van der Waals surface area (Å²) < 4.78 is 0. The van der Waals surface area contributed by atoms with Gasteiger partial charge in [-0.2, -0.15) is 0 Å². The van der Waals surface area contributed by atoms with Gasteiger partial charge in [-0.3, -0.25) is 9.97 Å². The minimum Gasteiger partial charge on any atom is -0.255 e. The van der Waals surface area contributed by atoms with Crippen LogP contribution < -0.4 is 0 Å². The van der Waals surface area contributed by atoms with Gasteiger partial charge in [0.05, 0.1) is 11.4 Å². The molecule has 0 N–H and O–H groups in total. The Hall–Kier alpha value is -1.41. The van der Waals surface area contributed by atoms with Crippen LogP contribution in [-0.4, -0.2) is 15.3 Å². The minimum absolute atomic E-state index is 0.321. The molecule has 29 heavy (non-hydrogen) atoms. The number of halogens is 1. The van der Waals surface area contributed by atoms with Gasteiger partial charge in [0.2, 0.25) is 0 Å². The average molecular weight is 415 g/mol. The largest absolute Gasteiger partial charge is 0.255 e. The van der Waals surface area contributed by atoms with Gasteiger partial charge in [-0.1, -0.05) is 66.4 Å². The summed E-state index contributed by atoms with van der Waals surface area (Å²) in [7, 11) is 0. The topological polar surface area (TPSA) is 25.8 Å². The van der Waals surface area contributed by atoms with E-state index in [2.05, 4.69) is 51.9 Å². The van der Waals surface area contributed by atoms with Crippen molar-refractivity contribution in [3.05, 3.63) is 47.3 Å². The Labute approximate surface area is 183 Å². The number of rotatable bonds is 12. The van der Waals surface area contributed by atoms with Crippen molar-refractivity contribution in [3.63, 3.8) is 0 Å². The predicted octanol–water partition coefficient (Wildman–Crippen LogP) is 8.29. The Morgan fingerprint density at radius 1 is 0.897 bits per heavy atom. The molecule has 160 valence electrons. The summed E-state index contributed by atoms with van der Waals surface area (Å²) >= 11 is 6.55. The molecule has 0 aliphatic carbocycles. The van der Waals surface area contributed by atoms with Crippen LogP contribution in [0.1, 0.15) is 108 Å². The summed E-state index contributed by atoms with van der Waals surface area (Å²) in [4.78, 5) is 9.49. The molecule has 0 aromatic carbocycles. The van der Waals surface area contributed by atoms with E-state index in [-0.39, 0.29) is 0 Å². The summed E-state index contributed by atoms with van der Waals surface area (Å²) in [6, 6.07) is 6.09. The van der Waals surface area contributed by atoms with Gasteiger partial charge in [-0.25, -0.2) is 0 Å². The fraction of sp³-hybridized carbons (Fsp3) is 0.615. The Balaban J connectivity index is 2.20. The molecule has 0 amide bonds. The molecule has 0 saturated heterocycles. The zero-order valence-corrected chi connectivity index (χ0v) is 19.8. The molecule has 1 atom stereocenters. The van der Waals surface area contributed by atoms with Crippen molar-refractivity contribution in [1.82, 2.24) is 9.97 Å². The standard InChI is InChI=1S/C26H39ClN2/c1-6-7-8-13-21(27)14-9-10-15-22-25(20(4)5)23(19(2)3)18-29-26(22)24-16-11-12-17-28-24/h11-12,16-21H,6-10,13-15H2,1-5H3. The molecule has 0 fully saturated rings. The fourth-order valence-electron chi connectivity index (χ4n) is 4.13. The van der Waals surface area contributed by atoms with Gasteiger partial charge in [0.1, 0.15) is 0 Å². The smallest absolute Gasteiger partial charge is 0.0921 e. The lowest BCUT2D eigenvalue weighted by atomic mass is 9.85. The molecule has 2 nitrogen and oxygen atoms in total. The summed E-state index contributed by atoms with van der Waals surface area (Å²) in [5.74, 6) is 0.949. The van der Waals surface area contributed by atoms with Crippen molar-refractivity contribution in [3.8, 4) is 11.4 Å². The molecule has 0 aliphatic heterocycles. The van der Waals surface area contributed by atoms with Crippen LogP contribution in [0.4, 0.5) is 0 Å². The monoisotopic (exact) mass is 414 g/mol. The third-order valence-corrected chi connectivity index (χ3v) is 6.11. The average Bonchev–Trinajstić information content (AvgIpc) is 2.71. The molecule has 0 radical (unpaired) electrons. The van der Waals surface area contributed by atoms with E-state index in [1.54, 1.807) is 0 Å². The normalized spacial score (nSPS) is 12.7. The molecular formula is C26H39ClN2. The first kappa shape index (κ1) is 23.9. The van der Waals surface area contributed by atoms with Crippen molar-refractivity contribution in [2.75, 3.05) is 0 Å². The second-order valence-electron chi connectivity index (χ2n) is 8.82. The Kier molecular flexibility index (Phi) is 10.1. The van der Waals surface area contributed by atoms with E-state index >= 15 is 0 Å². The number of pyridine rings is 2. The highest BCUT2D eigenvalue weighted by Gasteiger charge is 2.20. The van der Waals surface area contributed by atoms with Crippen LogP contribution in [0.25, 0.3) is 11.4 Å². The maximum atomic E-state index is 6.55. The molecule has 0 bridgehead atoms. The van der Waals surface area contributed by atoms with E-state index in [1.807, 2.05) is 18.3 Å². The maximum absolute atomic E-state index is 6.55. The molecule has 0 aliphatic rings. The molecule has 2 heterocycles. The summed E-state index contributed by atoms with van der Waals surface area (Å²) in [6.07, 6.45) is 13.4. The van der Waals surface area contributed by atoms with Crippen molar-refractivity contribution < 1.29 is 0 Å².